The number of ether oxygens (including phenoxy) is 1. The van der Waals surface area contributed by atoms with Crippen LogP contribution in [0, 0.1) is 51.8 Å². The van der Waals surface area contributed by atoms with Crippen molar-refractivity contribution in [3.05, 3.63) is 0 Å². The number of rotatable bonds is 6. The summed E-state index contributed by atoms with van der Waals surface area (Å²) >= 11 is 0. The first-order chi connectivity index (χ1) is 15.7. The number of hydrogen-bond acceptors (Lipinski definition) is 4. The molecule has 0 aromatic heterocycles. The van der Waals surface area contributed by atoms with Crippen LogP contribution in [0.5, 0.6) is 0 Å². The number of hydrogen-bond donors (Lipinski definition) is 1. The third kappa shape index (κ3) is 4.37. The van der Waals surface area contributed by atoms with Gasteiger partial charge in [0.25, 0.3) is 0 Å². The molecule has 0 aromatic rings. The Morgan fingerprint density at radius 2 is 1.76 bits per heavy atom. The molecule has 34 heavy (non-hydrogen) atoms. The van der Waals surface area contributed by atoms with Gasteiger partial charge < -0.3 is 4.74 Å². The van der Waals surface area contributed by atoms with E-state index in [0.29, 0.717) is 41.9 Å². The number of esters is 1. The molecule has 1 N–H and O–H groups in total. The highest BCUT2D eigenvalue weighted by atomic mass is 32.2. The summed E-state index contributed by atoms with van der Waals surface area (Å²) in [7, 11) is -1.80. The Hall–Kier alpha value is -0.620. The lowest BCUT2D eigenvalue weighted by Crippen LogP contribution is -2.65. The standard InChI is InChI=1S/C28H49NO4S/c1-18-12-15-28(5)22-13-14-27(4)20(19(2)8-11-24(30)33-6)9-10-21(27)25(22)23(29-34(7,31)32)17-26(28,3)16-18/h18-23,25,29H,8-17H2,1-7H3/t18?,19-,20?,21?,22?,23-,25?,26-,27-,28-/m1/s1. The zero-order valence-corrected chi connectivity index (χ0v) is 23.5. The van der Waals surface area contributed by atoms with Gasteiger partial charge in [0, 0.05) is 12.5 Å². The Morgan fingerprint density at radius 3 is 2.41 bits per heavy atom. The highest BCUT2D eigenvalue weighted by molar-refractivity contribution is 7.88. The van der Waals surface area contributed by atoms with Crippen LogP contribution in [0.3, 0.4) is 0 Å². The first kappa shape index (κ1) is 26.4. The Kier molecular flexibility index (Phi) is 7.03. The minimum absolute atomic E-state index is 0.0390. The molecular formula is C28H49NO4S. The molecule has 5 unspecified atom stereocenters. The molecule has 4 saturated carbocycles. The van der Waals surface area contributed by atoms with E-state index in [1.54, 1.807) is 0 Å². The molecule has 0 aliphatic heterocycles. The molecule has 10 atom stereocenters. The maximum absolute atomic E-state index is 12.5. The number of carbonyl (C=O) groups excluding carboxylic acids is 1. The second-order valence-corrected chi connectivity index (χ2v) is 15.4. The number of sulfonamides is 1. The third-order valence-corrected chi connectivity index (χ3v) is 12.5. The molecule has 0 amide bonds. The van der Waals surface area contributed by atoms with Gasteiger partial charge in [-0.1, -0.05) is 41.0 Å². The first-order valence-corrected chi connectivity index (χ1v) is 15.7. The molecule has 4 aliphatic rings. The van der Waals surface area contributed by atoms with Crippen LogP contribution in [0.2, 0.25) is 0 Å². The average molecular weight is 496 g/mol. The molecule has 0 saturated heterocycles. The van der Waals surface area contributed by atoms with E-state index >= 15 is 0 Å². The van der Waals surface area contributed by atoms with E-state index in [1.807, 2.05) is 0 Å². The van der Waals surface area contributed by atoms with Crippen LogP contribution in [-0.2, 0) is 19.6 Å². The number of methoxy groups -OCH3 is 1. The van der Waals surface area contributed by atoms with Crippen molar-refractivity contribution >= 4 is 16.0 Å². The fraction of sp³-hybridized carbons (Fsp3) is 0.964. The lowest BCUT2D eigenvalue weighted by Gasteiger charge is -2.67. The molecule has 4 fully saturated rings. The topological polar surface area (TPSA) is 72.5 Å². The van der Waals surface area contributed by atoms with E-state index in [-0.39, 0.29) is 28.3 Å². The SMILES string of the molecule is COC(=O)CC[C@@H](C)C1CCC2C3C(CC[C@@]21C)[C@@]1(C)CCC(C)C[C@]1(C)C[C@H]3NS(C)(=O)=O. The average Bonchev–Trinajstić information content (AvgIpc) is 3.09. The Bertz CT molecular complexity index is 889. The molecule has 4 rings (SSSR count). The summed E-state index contributed by atoms with van der Waals surface area (Å²) in [5.74, 6) is 3.23. The summed E-state index contributed by atoms with van der Waals surface area (Å²) in [5.41, 5.74) is 0.698. The van der Waals surface area contributed by atoms with E-state index in [2.05, 4.69) is 39.3 Å². The predicted octanol–water partition coefficient (Wildman–Crippen LogP) is 5.79. The summed E-state index contributed by atoms with van der Waals surface area (Å²) in [5, 5.41) is 0. The summed E-state index contributed by atoms with van der Waals surface area (Å²) in [6.45, 7) is 12.2. The molecule has 0 spiro atoms. The van der Waals surface area contributed by atoms with Gasteiger partial charge in [0.1, 0.15) is 0 Å². The predicted molar refractivity (Wildman–Crippen MR) is 137 cm³/mol. The van der Waals surface area contributed by atoms with Crippen molar-refractivity contribution < 1.29 is 17.9 Å². The first-order valence-electron chi connectivity index (χ1n) is 13.8. The van der Waals surface area contributed by atoms with Gasteiger partial charge in [-0.05, 0) is 103 Å². The molecule has 0 heterocycles. The Labute approximate surface area is 208 Å². The largest absolute Gasteiger partial charge is 0.469 e. The van der Waals surface area contributed by atoms with Gasteiger partial charge >= 0.3 is 5.97 Å². The van der Waals surface area contributed by atoms with Crippen LogP contribution in [0.25, 0.3) is 0 Å². The van der Waals surface area contributed by atoms with Gasteiger partial charge in [0.15, 0.2) is 0 Å². The molecule has 0 radical (unpaired) electrons. The maximum Gasteiger partial charge on any atom is 0.305 e. The highest BCUT2D eigenvalue weighted by Crippen LogP contribution is 2.71. The normalized spacial score (nSPS) is 47.3. The van der Waals surface area contributed by atoms with Crippen molar-refractivity contribution in [2.24, 2.45) is 51.8 Å². The zero-order valence-electron chi connectivity index (χ0n) is 22.7. The van der Waals surface area contributed by atoms with Crippen molar-refractivity contribution in [1.82, 2.24) is 4.72 Å². The van der Waals surface area contributed by atoms with Crippen molar-refractivity contribution in [3.8, 4) is 0 Å². The van der Waals surface area contributed by atoms with Crippen LogP contribution in [-0.4, -0.2) is 33.8 Å². The number of nitrogens with one attached hydrogen (secondary N) is 1. The fourth-order valence-electron chi connectivity index (χ4n) is 10.0. The smallest absolute Gasteiger partial charge is 0.305 e. The summed E-state index contributed by atoms with van der Waals surface area (Å²) in [6, 6.07) is 0.0390. The minimum atomic E-state index is -3.27. The van der Waals surface area contributed by atoms with E-state index in [9.17, 15) is 13.2 Å². The van der Waals surface area contributed by atoms with Gasteiger partial charge in [0.05, 0.1) is 13.4 Å². The van der Waals surface area contributed by atoms with Crippen LogP contribution in [0.1, 0.15) is 98.8 Å². The van der Waals surface area contributed by atoms with Gasteiger partial charge in [0.2, 0.25) is 10.0 Å². The van der Waals surface area contributed by atoms with E-state index < -0.39 is 10.0 Å². The third-order valence-electron chi connectivity index (χ3n) is 11.8. The summed E-state index contributed by atoms with van der Waals surface area (Å²) in [6.07, 6.45) is 12.3. The van der Waals surface area contributed by atoms with Crippen molar-refractivity contribution in [2.75, 3.05) is 13.4 Å². The van der Waals surface area contributed by atoms with Crippen molar-refractivity contribution in [1.29, 1.82) is 0 Å². The molecule has 5 nitrogen and oxygen atoms in total. The second-order valence-electron chi connectivity index (χ2n) is 13.6. The maximum atomic E-state index is 12.5. The summed E-state index contributed by atoms with van der Waals surface area (Å²) < 4.78 is 33.2. The van der Waals surface area contributed by atoms with Crippen LogP contribution >= 0.6 is 0 Å². The van der Waals surface area contributed by atoms with E-state index in [4.69, 9.17) is 4.74 Å². The lowest BCUT2D eigenvalue weighted by atomic mass is 9.38. The van der Waals surface area contributed by atoms with Crippen LogP contribution in [0.4, 0.5) is 0 Å². The second kappa shape index (κ2) is 9.04. The number of fused-ring (bicyclic) bond motifs is 5. The van der Waals surface area contributed by atoms with Crippen molar-refractivity contribution in [2.45, 2.75) is 105 Å². The molecule has 0 bridgehead atoms. The fourth-order valence-corrected chi connectivity index (χ4v) is 10.8. The van der Waals surface area contributed by atoms with Crippen LogP contribution < -0.4 is 4.72 Å². The van der Waals surface area contributed by atoms with E-state index in [0.717, 1.165) is 12.8 Å². The monoisotopic (exact) mass is 495 g/mol. The quantitative estimate of drug-likeness (QED) is 0.474. The van der Waals surface area contributed by atoms with E-state index in [1.165, 1.54) is 58.3 Å². The van der Waals surface area contributed by atoms with Gasteiger partial charge in [-0.3, -0.25) is 4.79 Å². The minimum Gasteiger partial charge on any atom is -0.469 e. The Morgan fingerprint density at radius 1 is 1.06 bits per heavy atom. The van der Waals surface area contributed by atoms with Gasteiger partial charge in [-0.15, -0.1) is 0 Å². The Balaban J connectivity index is 1.65. The van der Waals surface area contributed by atoms with Gasteiger partial charge in [-0.25, -0.2) is 13.1 Å². The number of carbonyl (C=O) groups is 1. The highest BCUT2D eigenvalue weighted by Gasteiger charge is 2.66. The molecule has 4 aliphatic carbocycles. The lowest BCUT2D eigenvalue weighted by molar-refractivity contribution is -0.171. The van der Waals surface area contributed by atoms with Crippen LogP contribution in [0.15, 0.2) is 0 Å². The molecule has 196 valence electrons. The summed E-state index contributed by atoms with van der Waals surface area (Å²) in [4.78, 5) is 11.8. The zero-order chi connectivity index (χ0) is 25.1. The van der Waals surface area contributed by atoms with Crippen molar-refractivity contribution in [3.63, 3.8) is 0 Å². The van der Waals surface area contributed by atoms with Gasteiger partial charge in [-0.2, -0.15) is 0 Å². The molecule has 0 aromatic carbocycles. The molecule has 6 heteroatoms. The molecular weight excluding hydrogens is 446 g/mol.